The lowest BCUT2D eigenvalue weighted by molar-refractivity contribution is -0.145. The second-order valence-corrected chi connectivity index (χ2v) is 8.98. The molecule has 1 aromatic carbocycles. The van der Waals surface area contributed by atoms with Crippen molar-refractivity contribution in [3.05, 3.63) is 29.8 Å². The zero-order chi connectivity index (χ0) is 28.3. The number of hydrogen-bond acceptors (Lipinski definition) is 8. The molecule has 0 aliphatic rings. The highest BCUT2D eigenvalue weighted by Gasteiger charge is 2.34. The topological polar surface area (TPSA) is 234 Å². The number of aliphatic hydroxyl groups is 1. The van der Waals surface area contributed by atoms with Crippen LogP contribution < -0.4 is 27.4 Å². The van der Waals surface area contributed by atoms with Crippen molar-refractivity contribution in [2.75, 3.05) is 0 Å². The van der Waals surface area contributed by atoms with E-state index in [1.54, 1.807) is 26.0 Å². The molecule has 0 aliphatic carbocycles. The van der Waals surface area contributed by atoms with Gasteiger partial charge >= 0.3 is 5.97 Å². The van der Waals surface area contributed by atoms with Crippen LogP contribution in [0.1, 0.15) is 45.6 Å². The third-order valence-electron chi connectivity index (χ3n) is 5.89. The fraction of sp³-hybridized carbons (Fsp3) is 0.542. The molecule has 0 heterocycles. The first kappa shape index (κ1) is 31.3. The fourth-order valence-electron chi connectivity index (χ4n) is 3.37. The summed E-state index contributed by atoms with van der Waals surface area (Å²) in [6.07, 6.45) is -1.15. The van der Waals surface area contributed by atoms with Crippen molar-refractivity contribution in [2.24, 2.45) is 17.4 Å². The zero-order valence-electron chi connectivity index (χ0n) is 21.1. The minimum Gasteiger partial charge on any atom is -0.508 e. The molecule has 206 valence electrons. The molecule has 37 heavy (non-hydrogen) atoms. The predicted octanol–water partition coefficient (Wildman–Crippen LogP) is -1.51. The molecule has 0 bridgehead atoms. The van der Waals surface area contributed by atoms with Gasteiger partial charge in [-0.25, -0.2) is 4.79 Å². The van der Waals surface area contributed by atoms with Crippen LogP contribution in [0.15, 0.2) is 24.3 Å². The van der Waals surface area contributed by atoms with Crippen molar-refractivity contribution in [2.45, 2.75) is 76.7 Å². The van der Waals surface area contributed by atoms with Gasteiger partial charge in [0.1, 0.15) is 17.8 Å². The summed E-state index contributed by atoms with van der Waals surface area (Å²) in [6.45, 7) is 4.66. The Kier molecular flexibility index (Phi) is 12.5. The quantitative estimate of drug-likeness (QED) is 0.133. The van der Waals surface area contributed by atoms with Crippen LogP contribution in [0.3, 0.4) is 0 Å². The monoisotopic (exact) mass is 523 g/mol. The number of primary amides is 1. The lowest BCUT2D eigenvalue weighted by Gasteiger charge is -2.28. The third kappa shape index (κ3) is 10.4. The number of carboxylic acids is 1. The molecule has 1 aromatic rings. The van der Waals surface area contributed by atoms with E-state index in [9.17, 15) is 39.3 Å². The highest BCUT2D eigenvalue weighted by atomic mass is 16.4. The van der Waals surface area contributed by atoms with Crippen LogP contribution in [0.5, 0.6) is 5.75 Å². The maximum Gasteiger partial charge on any atom is 0.328 e. The van der Waals surface area contributed by atoms with Gasteiger partial charge in [-0.15, -0.1) is 0 Å². The lowest BCUT2D eigenvalue weighted by Crippen LogP contribution is -2.60. The number of benzene rings is 1. The van der Waals surface area contributed by atoms with Crippen LogP contribution >= 0.6 is 0 Å². The van der Waals surface area contributed by atoms with Crippen molar-refractivity contribution in [3.63, 3.8) is 0 Å². The van der Waals surface area contributed by atoms with Crippen LogP contribution in [0, 0.1) is 5.92 Å². The molecule has 0 fully saturated rings. The minimum atomic E-state index is -1.59. The van der Waals surface area contributed by atoms with E-state index in [2.05, 4.69) is 16.0 Å². The number of carbonyl (C=O) groups is 5. The number of carboxylic acid groups (broad SMARTS) is 1. The smallest absolute Gasteiger partial charge is 0.328 e. The maximum absolute atomic E-state index is 13.3. The van der Waals surface area contributed by atoms with Crippen molar-refractivity contribution in [1.82, 2.24) is 16.0 Å². The molecular weight excluding hydrogens is 486 g/mol. The van der Waals surface area contributed by atoms with Gasteiger partial charge in [0, 0.05) is 12.8 Å². The van der Waals surface area contributed by atoms with Crippen LogP contribution in [-0.2, 0) is 30.4 Å². The van der Waals surface area contributed by atoms with Gasteiger partial charge in [-0.05, 0) is 37.0 Å². The van der Waals surface area contributed by atoms with Gasteiger partial charge in [0.25, 0.3) is 0 Å². The van der Waals surface area contributed by atoms with E-state index in [0.717, 1.165) is 0 Å². The summed E-state index contributed by atoms with van der Waals surface area (Å²) >= 11 is 0. The maximum atomic E-state index is 13.3. The first-order chi connectivity index (χ1) is 17.3. The normalized spacial score (nSPS) is 15.8. The summed E-state index contributed by atoms with van der Waals surface area (Å²) in [5.41, 5.74) is 11.5. The Hall–Kier alpha value is -3.71. The zero-order valence-corrected chi connectivity index (χ0v) is 21.1. The summed E-state index contributed by atoms with van der Waals surface area (Å²) in [7, 11) is 0. The van der Waals surface area contributed by atoms with Gasteiger partial charge in [-0.2, -0.15) is 0 Å². The molecular formula is C24H37N5O8. The summed E-state index contributed by atoms with van der Waals surface area (Å²) in [5, 5.41) is 35.9. The molecule has 0 aliphatic heterocycles. The van der Waals surface area contributed by atoms with Crippen molar-refractivity contribution >= 4 is 29.6 Å². The Bertz CT molecular complexity index is 953. The Morgan fingerprint density at radius 1 is 0.919 bits per heavy atom. The number of hydrogen-bond donors (Lipinski definition) is 8. The summed E-state index contributed by atoms with van der Waals surface area (Å²) in [4.78, 5) is 61.3. The number of phenols is 1. The van der Waals surface area contributed by atoms with E-state index in [1.165, 1.54) is 19.1 Å². The highest BCUT2D eigenvalue weighted by Crippen LogP contribution is 2.13. The number of carbonyl (C=O) groups excluding carboxylic acids is 4. The predicted molar refractivity (Wildman–Crippen MR) is 133 cm³/mol. The molecule has 0 aromatic heterocycles. The van der Waals surface area contributed by atoms with Gasteiger partial charge < -0.3 is 42.7 Å². The minimum absolute atomic E-state index is 0.00173. The van der Waals surface area contributed by atoms with Gasteiger partial charge in [-0.1, -0.05) is 32.4 Å². The average molecular weight is 524 g/mol. The first-order valence-electron chi connectivity index (χ1n) is 11.9. The third-order valence-corrected chi connectivity index (χ3v) is 5.89. The van der Waals surface area contributed by atoms with Crippen molar-refractivity contribution in [1.29, 1.82) is 0 Å². The van der Waals surface area contributed by atoms with Crippen molar-refractivity contribution < 1.29 is 39.3 Å². The van der Waals surface area contributed by atoms with E-state index in [4.69, 9.17) is 11.5 Å². The Labute approximate surface area is 215 Å². The number of nitrogens with two attached hydrogens (primary N) is 2. The van der Waals surface area contributed by atoms with Gasteiger partial charge in [-0.3, -0.25) is 19.2 Å². The molecule has 10 N–H and O–H groups in total. The van der Waals surface area contributed by atoms with Gasteiger partial charge in [0.15, 0.2) is 6.04 Å². The molecule has 0 spiro atoms. The summed E-state index contributed by atoms with van der Waals surface area (Å²) in [5.74, 6) is -4.79. The van der Waals surface area contributed by atoms with E-state index in [1.807, 2.05) is 0 Å². The van der Waals surface area contributed by atoms with Crippen LogP contribution in [0.2, 0.25) is 0 Å². The largest absolute Gasteiger partial charge is 0.508 e. The molecule has 6 atom stereocenters. The average Bonchev–Trinajstić information content (AvgIpc) is 2.83. The number of phenolic OH excluding ortho intramolecular Hbond substituents is 1. The molecule has 0 saturated heterocycles. The number of aromatic hydroxyl groups is 1. The SMILES string of the molecule is CCC(C)C(NC(=O)C(Cc1ccc(O)cc1)NC(=O)C(N)CCC(N)=O)C(=O)NC(C(=O)O)C(C)O. The second kappa shape index (κ2) is 14.8. The van der Waals surface area contributed by atoms with E-state index in [-0.39, 0.29) is 25.0 Å². The van der Waals surface area contributed by atoms with Crippen LogP contribution in [-0.4, -0.2) is 75.2 Å². The number of amides is 4. The standard InChI is InChI=1S/C24H37N5O8/c1-4-12(2)19(23(35)29-20(13(3)30)24(36)37)28-22(34)17(11-14-5-7-15(31)8-6-14)27-21(33)16(25)9-10-18(26)32/h5-8,12-13,16-17,19-20,30-31H,4,9-11,25H2,1-3H3,(H2,26,32)(H,27,33)(H,28,34)(H,29,35)(H,36,37). The first-order valence-corrected chi connectivity index (χ1v) is 11.9. The molecule has 13 nitrogen and oxygen atoms in total. The van der Waals surface area contributed by atoms with Crippen LogP contribution in [0.25, 0.3) is 0 Å². The van der Waals surface area contributed by atoms with Crippen molar-refractivity contribution in [3.8, 4) is 5.75 Å². The molecule has 6 unspecified atom stereocenters. The van der Waals surface area contributed by atoms with E-state index in [0.29, 0.717) is 12.0 Å². The lowest BCUT2D eigenvalue weighted by atomic mass is 9.96. The van der Waals surface area contributed by atoms with Crippen LogP contribution in [0.4, 0.5) is 0 Å². The summed E-state index contributed by atoms with van der Waals surface area (Å²) in [6, 6.07) is 0.806. The number of rotatable bonds is 15. The Balaban J connectivity index is 3.16. The molecule has 13 heteroatoms. The van der Waals surface area contributed by atoms with Gasteiger partial charge in [0.05, 0.1) is 12.1 Å². The van der Waals surface area contributed by atoms with Gasteiger partial charge in [0.2, 0.25) is 23.6 Å². The molecule has 0 radical (unpaired) electrons. The Morgan fingerprint density at radius 3 is 1.97 bits per heavy atom. The number of aliphatic hydroxyl groups excluding tert-OH is 1. The molecule has 1 rings (SSSR count). The van der Waals surface area contributed by atoms with E-state index < -0.39 is 65.8 Å². The second-order valence-electron chi connectivity index (χ2n) is 8.98. The summed E-state index contributed by atoms with van der Waals surface area (Å²) < 4.78 is 0. The fourth-order valence-corrected chi connectivity index (χ4v) is 3.37. The highest BCUT2D eigenvalue weighted by molar-refractivity contribution is 5.94. The molecule has 4 amide bonds. The van der Waals surface area contributed by atoms with E-state index >= 15 is 0 Å². The number of aliphatic carboxylic acids is 1. The number of nitrogens with one attached hydrogen (secondary N) is 3. The Morgan fingerprint density at radius 2 is 1.49 bits per heavy atom. The molecule has 0 saturated carbocycles.